The van der Waals surface area contributed by atoms with E-state index in [-0.39, 0.29) is 23.5 Å². The summed E-state index contributed by atoms with van der Waals surface area (Å²) in [6.07, 6.45) is 0. The summed E-state index contributed by atoms with van der Waals surface area (Å²) in [4.78, 5) is 28.6. The number of rotatable bonds is 3. The number of urea groups is 1. The highest BCUT2D eigenvalue weighted by Crippen LogP contribution is 2.23. The number of amides is 3. The molecule has 154 valence electrons. The average molecular weight is 407 g/mol. The van der Waals surface area contributed by atoms with Gasteiger partial charge in [0.05, 0.1) is 0 Å². The zero-order valence-corrected chi connectivity index (χ0v) is 16.6. The lowest BCUT2D eigenvalue weighted by Gasteiger charge is -2.34. The molecule has 1 aromatic heterocycles. The Morgan fingerprint density at radius 2 is 1.63 bits per heavy atom. The van der Waals surface area contributed by atoms with Gasteiger partial charge in [0.25, 0.3) is 5.91 Å². The van der Waals surface area contributed by atoms with E-state index in [1.165, 1.54) is 12.1 Å². The number of carbonyl (C=O) groups is 2. The van der Waals surface area contributed by atoms with Gasteiger partial charge in [-0.2, -0.15) is 0 Å². The zero-order chi connectivity index (χ0) is 21.1. The largest absolute Gasteiger partial charge is 0.451 e. The van der Waals surface area contributed by atoms with Gasteiger partial charge in [0.1, 0.15) is 11.6 Å². The summed E-state index contributed by atoms with van der Waals surface area (Å²) in [5.41, 5.74) is 2.53. The van der Waals surface area contributed by atoms with E-state index in [4.69, 9.17) is 4.42 Å². The smallest absolute Gasteiger partial charge is 0.321 e. The van der Waals surface area contributed by atoms with Crippen molar-refractivity contribution in [2.45, 2.75) is 6.92 Å². The summed E-state index contributed by atoms with van der Waals surface area (Å²) in [5, 5.41) is 2.89. The van der Waals surface area contributed by atoms with Crippen molar-refractivity contribution in [2.75, 3.05) is 31.5 Å². The predicted octanol–water partition coefficient (Wildman–Crippen LogP) is 4.38. The van der Waals surface area contributed by atoms with Crippen molar-refractivity contribution in [1.29, 1.82) is 0 Å². The summed E-state index contributed by atoms with van der Waals surface area (Å²) >= 11 is 0. The lowest BCUT2D eigenvalue weighted by molar-refractivity contribution is 0.0641. The van der Waals surface area contributed by atoms with Crippen LogP contribution in [0, 0.1) is 12.7 Å². The van der Waals surface area contributed by atoms with Gasteiger partial charge in [-0.1, -0.05) is 12.1 Å². The Hall–Kier alpha value is -3.61. The molecular formula is C23H22FN3O3. The Bertz CT molecular complexity index is 1050. The number of piperazine rings is 1. The maximum atomic E-state index is 13.1. The van der Waals surface area contributed by atoms with E-state index in [9.17, 15) is 14.0 Å². The second-order valence-corrected chi connectivity index (χ2v) is 7.25. The zero-order valence-electron chi connectivity index (χ0n) is 16.6. The van der Waals surface area contributed by atoms with Crippen LogP contribution in [0.2, 0.25) is 0 Å². The van der Waals surface area contributed by atoms with Crippen molar-refractivity contribution in [3.63, 3.8) is 0 Å². The molecular weight excluding hydrogens is 385 g/mol. The number of carbonyl (C=O) groups excluding carboxylic acids is 2. The summed E-state index contributed by atoms with van der Waals surface area (Å²) < 4.78 is 18.8. The van der Waals surface area contributed by atoms with E-state index in [1.807, 2.05) is 31.2 Å². The summed E-state index contributed by atoms with van der Waals surface area (Å²) in [5.74, 6) is 0.189. The molecule has 3 aromatic rings. The van der Waals surface area contributed by atoms with Gasteiger partial charge in [-0.15, -0.1) is 0 Å². The minimum absolute atomic E-state index is 0.177. The number of aryl methyl sites for hydroxylation is 1. The van der Waals surface area contributed by atoms with Crippen LogP contribution in [0.25, 0.3) is 11.3 Å². The Morgan fingerprint density at radius 1 is 0.933 bits per heavy atom. The highest BCUT2D eigenvalue weighted by Gasteiger charge is 2.26. The monoisotopic (exact) mass is 407 g/mol. The highest BCUT2D eigenvalue weighted by atomic mass is 19.1. The predicted molar refractivity (Wildman–Crippen MR) is 112 cm³/mol. The van der Waals surface area contributed by atoms with E-state index in [0.29, 0.717) is 37.5 Å². The van der Waals surface area contributed by atoms with Crippen LogP contribution in [0.4, 0.5) is 14.9 Å². The van der Waals surface area contributed by atoms with Gasteiger partial charge in [-0.05, 0) is 61.0 Å². The minimum Gasteiger partial charge on any atom is -0.451 e. The third kappa shape index (κ3) is 4.35. The Balaban J connectivity index is 1.34. The lowest BCUT2D eigenvalue weighted by Crippen LogP contribution is -2.51. The van der Waals surface area contributed by atoms with E-state index in [0.717, 1.165) is 11.3 Å². The first-order chi connectivity index (χ1) is 14.5. The normalized spacial score (nSPS) is 13.9. The molecule has 0 saturated carbocycles. The number of furan rings is 1. The molecule has 4 rings (SSSR count). The van der Waals surface area contributed by atoms with Crippen LogP contribution in [0.1, 0.15) is 16.1 Å². The van der Waals surface area contributed by atoms with Crippen LogP contribution in [0.15, 0.2) is 65.1 Å². The Labute approximate surface area is 173 Å². The second-order valence-electron chi connectivity index (χ2n) is 7.25. The number of halogens is 1. The molecule has 0 aliphatic carbocycles. The van der Waals surface area contributed by atoms with Gasteiger partial charge in [0, 0.05) is 37.4 Å². The minimum atomic E-state index is -0.328. The van der Waals surface area contributed by atoms with Crippen LogP contribution >= 0.6 is 0 Å². The van der Waals surface area contributed by atoms with Gasteiger partial charge >= 0.3 is 6.03 Å². The summed E-state index contributed by atoms with van der Waals surface area (Å²) in [6, 6.07) is 16.7. The lowest BCUT2D eigenvalue weighted by atomic mass is 10.2. The van der Waals surface area contributed by atoms with Crippen molar-refractivity contribution in [3.05, 3.63) is 77.8 Å². The standard InChI is InChI=1S/C23H22FN3O3/c1-16-3-2-4-19(15-16)25-23(29)27-13-11-26(12-14-27)22(28)21-10-9-20(30-21)17-5-7-18(24)8-6-17/h2-10,15H,11-14H2,1H3,(H,25,29). The summed E-state index contributed by atoms with van der Waals surface area (Å²) in [7, 11) is 0. The molecule has 1 saturated heterocycles. The van der Waals surface area contributed by atoms with Crippen LogP contribution in [-0.4, -0.2) is 47.9 Å². The molecule has 2 heterocycles. The molecule has 0 atom stereocenters. The van der Waals surface area contributed by atoms with E-state index >= 15 is 0 Å². The first-order valence-electron chi connectivity index (χ1n) is 9.77. The molecule has 1 aliphatic rings. The third-order valence-electron chi connectivity index (χ3n) is 5.07. The quantitative estimate of drug-likeness (QED) is 0.701. The van der Waals surface area contributed by atoms with Crippen molar-refractivity contribution < 1.29 is 18.4 Å². The molecule has 7 heteroatoms. The Morgan fingerprint density at radius 3 is 2.33 bits per heavy atom. The van der Waals surface area contributed by atoms with Gasteiger partial charge in [-0.3, -0.25) is 4.79 Å². The molecule has 0 bridgehead atoms. The van der Waals surface area contributed by atoms with Gasteiger partial charge in [0.2, 0.25) is 0 Å². The number of hydrogen-bond acceptors (Lipinski definition) is 3. The molecule has 0 spiro atoms. The number of nitrogens with zero attached hydrogens (tertiary/aromatic N) is 2. The third-order valence-corrected chi connectivity index (χ3v) is 5.07. The SMILES string of the molecule is Cc1cccc(NC(=O)N2CCN(C(=O)c3ccc(-c4ccc(F)cc4)o3)CC2)c1. The Kier molecular flexibility index (Phi) is 5.52. The first-order valence-corrected chi connectivity index (χ1v) is 9.77. The van der Waals surface area contributed by atoms with E-state index < -0.39 is 0 Å². The fraction of sp³-hybridized carbons (Fsp3) is 0.217. The first kappa shape index (κ1) is 19.7. The van der Waals surface area contributed by atoms with Crippen LogP contribution in [0.5, 0.6) is 0 Å². The maximum Gasteiger partial charge on any atom is 0.321 e. The van der Waals surface area contributed by atoms with Crippen molar-refractivity contribution in [2.24, 2.45) is 0 Å². The number of nitrogens with one attached hydrogen (secondary N) is 1. The van der Waals surface area contributed by atoms with Crippen molar-refractivity contribution in [3.8, 4) is 11.3 Å². The number of benzene rings is 2. The maximum absolute atomic E-state index is 13.1. The molecule has 6 nitrogen and oxygen atoms in total. The van der Waals surface area contributed by atoms with Gasteiger partial charge in [-0.25, -0.2) is 9.18 Å². The fourth-order valence-electron chi connectivity index (χ4n) is 3.42. The van der Waals surface area contributed by atoms with Crippen LogP contribution in [0.3, 0.4) is 0 Å². The molecule has 2 aromatic carbocycles. The van der Waals surface area contributed by atoms with Gasteiger partial charge in [0.15, 0.2) is 5.76 Å². The van der Waals surface area contributed by atoms with Crippen LogP contribution < -0.4 is 5.32 Å². The van der Waals surface area contributed by atoms with E-state index in [1.54, 1.807) is 34.1 Å². The highest BCUT2D eigenvalue weighted by molar-refractivity contribution is 5.93. The van der Waals surface area contributed by atoms with Crippen molar-refractivity contribution in [1.82, 2.24) is 9.80 Å². The van der Waals surface area contributed by atoms with Crippen LogP contribution in [-0.2, 0) is 0 Å². The summed E-state index contributed by atoms with van der Waals surface area (Å²) in [6.45, 7) is 3.69. The number of hydrogen-bond donors (Lipinski definition) is 1. The molecule has 3 amide bonds. The molecule has 1 fully saturated rings. The molecule has 0 unspecified atom stereocenters. The molecule has 0 radical (unpaired) electrons. The topological polar surface area (TPSA) is 65.8 Å². The van der Waals surface area contributed by atoms with Crippen molar-refractivity contribution >= 4 is 17.6 Å². The average Bonchev–Trinajstić information content (AvgIpc) is 3.24. The molecule has 1 aliphatic heterocycles. The second kappa shape index (κ2) is 8.41. The van der Waals surface area contributed by atoms with Gasteiger partial charge < -0.3 is 19.5 Å². The molecule has 1 N–H and O–H groups in total. The van der Waals surface area contributed by atoms with E-state index in [2.05, 4.69) is 5.32 Å². The number of anilines is 1. The molecule has 30 heavy (non-hydrogen) atoms. The fourth-order valence-corrected chi connectivity index (χ4v) is 3.42.